The van der Waals surface area contributed by atoms with Gasteiger partial charge in [-0.3, -0.25) is 43.2 Å². The largest absolute Gasteiger partial charge is 0.462 e. The van der Waals surface area contributed by atoms with Crippen LogP contribution >= 0.6 is 0 Å². The molecule has 12 rings (SSSR count). The molecule has 34 atom stereocenters. The van der Waals surface area contributed by atoms with Gasteiger partial charge in [0, 0.05) is 57.8 Å². The number of hydrogen-bond acceptors (Lipinski definition) is 24. The average molecular weight is 1770 g/mol. The molecule has 6 N–H and O–H groups in total. The number of hydrogen-bond donors (Lipinski definition) is 6. The monoisotopic (exact) mass is 1770 g/mol. The van der Waals surface area contributed by atoms with E-state index < -0.39 is 131 Å². The summed E-state index contributed by atoms with van der Waals surface area (Å²) in [5, 5.41) is 73.2. The predicted octanol–water partition coefficient (Wildman–Crippen LogP) is 16.3. The van der Waals surface area contributed by atoms with Gasteiger partial charge in [0.25, 0.3) is 0 Å². The minimum absolute atomic E-state index is 0.0185. The third kappa shape index (κ3) is 21.7. The van der Waals surface area contributed by atoms with E-state index in [0.29, 0.717) is 116 Å². The maximum atomic E-state index is 13.7. The zero-order valence-electron chi connectivity index (χ0n) is 80.1. The first-order valence-electron chi connectivity index (χ1n) is 49.7. The molecule has 0 spiro atoms. The Balaban J connectivity index is 0.600. The van der Waals surface area contributed by atoms with Gasteiger partial charge in [-0.2, -0.15) is 0 Å². The van der Waals surface area contributed by atoms with Gasteiger partial charge in [-0.25, -0.2) is 0 Å². The summed E-state index contributed by atoms with van der Waals surface area (Å²) in [7, 11) is 0. The highest BCUT2D eigenvalue weighted by molar-refractivity contribution is 5.75. The minimum atomic E-state index is -1.26. The molecule has 0 aromatic rings. The van der Waals surface area contributed by atoms with Crippen LogP contribution in [0.2, 0.25) is 0 Å². The Morgan fingerprint density at radius 2 is 0.579 bits per heavy atom. The zero-order chi connectivity index (χ0) is 92.1. The second kappa shape index (κ2) is 39.7. The van der Waals surface area contributed by atoms with E-state index >= 15 is 0 Å². The molecule has 12 saturated carbocycles. The van der Waals surface area contributed by atoms with Crippen molar-refractivity contribution in [3.05, 3.63) is 0 Å². The van der Waals surface area contributed by atoms with Crippen molar-refractivity contribution in [2.75, 3.05) is 13.2 Å². The lowest BCUT2D eigenvalue weighted by atomic mass is 9.43. The zero-order valence-corrected chi connectivity index (χ0v) is 80.1. The van der Waals surface area contributed by atoms with Gasteiger partial charge < -0.3 is 73.3 Å². The molecule has 0 bridgehead atoms. The van der Waals surface area contributed by atoms with Crippen molar-refractivity contribution in [1.82, 2.24) is 0 Å². The van der Waals surface area contributed by atoms with Crippen LogP contribution in [-0.2, 0) is 85.8 Å². The quantitative estimate of drug-likeness (QED) is 0.0269. The summed E-state index contributed by atoms with van der Waals surface area (Å²) >= 11 is 0. The molecule has 0 aromatic heterocycles. The summed E-state index contributed by atoms with van der Waals surface area (Å²) in [5.74, 6) is -2.15. The van der Waals surface area contributed by atoms with Crippen LogP contribution in [0, 0.1) is 139 Å². The van der Waals surface area contributed by atoms with Crippen molar-refractivity contribution in [2.24, 2.45) is 139 Å². The van der Waals surface area contributed by atoms with Gasteiger partial charge in [0.1, 0.15) is 48.3 Å². The molecule has 0 amide bonds. The molecule has 12 aliphatic rings. The third-order valence-electron chi connectivity index (χ3n) is 36.5. The molecule has 0 aromatic carbocycles. The van der Waals surface area contributed by atoms with Crippen molar-refractivity contribution in [2.45, 2.75) is 434 Å². The SMILES string of the molecule is C[C@H](CCC(=O)OC(C)(C)C)C1CCC2C3C(C[C@H](O)[C@@]21C)[C@@]1(C)CC[C@@H](OC(=O)CCCC(=O)OCC(COC(=O)CCCC(=O)O[C@H]2CC[C@]4(C)C(C2)C[C@H](O)C2C4C[C@@H](O)[C@]4(C)C2CCC4[C@@H](C)CCC(=O)OC(C)(C)C)OC(=O)CCCC(=O)O[C@@H]2CC[C@@]4(C)C(C2)C[C@@H](O)C2C4C[C@H](O)[C@@]4(C)C2CCC4[C@H](C)CCC(=O)OC(C)(C)C)CC1C[C@H]3O. The first kappa shape index (κ1) is 100.0. The summed E-state index contributed by atoms with van der Waals surface area (Å²) in [5.41, 5.74) is -3.44. The molecule has 16 unspecified atom stereocenters. The smallest absolute Gasteiger partial charge is 0.306 e. The molecule has 0 saturated heterocycles. The first-order valence-corrected chi connectivity index (χ1v) is 49.7. The minimum Gasteiger partial charge on any atom is -0.462 e. The topological polar surface area (TPSA) is 358 Å². The van der Waals surface area contributed by atoms with Gasteiger partial charge in [0.15, 0.2) is 6.10 Å². The highest BCUT2D eigenvalue weighted by Gasteiger charge is 2.70. The predicted molar refractivity (Wildman–Crippen MR) is 470 cm³/mol. The molecular formula is C102H164O24. The molecule has 24 nitrogen and oxygen atoms in total. The van der Waals surface area contributed by atoms with Gasteiger partial charge in [-0.15, -0.1) is 0 Å². The molecule has 126 heavy (non-hydrogen) atoms. The van der Waals surface area contributed by atoms with Crippen LogP contribution in [0.1, 0.15) is 356 Å². The number of carbonyl (C=O) groups is 9. The summed E-state index contributed by atoms with van der Waals surface area (Å²) in [4.78, 5) is 120. The maximum absolute atomic E-state index is 13.7. The van der Waals surface area contributed by atoms with Crippen LogP contribution in [0.15, 0.2) is 0 Å². The van der Waals surface area contributed by atoms with Gasteiger partial charge >= 0.3 is 53.7 Å². The number of esters is 9. The highest BCUT2D eigenvalue weighted by Crippen LogP contribution is 2.73. The summed E-state index contributed by atoms with van der Waals surface area (Å²) in [6, 6.07) is 0. The Morgan fingerprint density at radius 3 is 0.849 bits per heavy atom. The number of rotatable bonds is 32. The molecule has 24 heteroatoms. The Hall–Kier alpha value is -5.01. The van der Waals surface area contributed by atoms with Crippen LogP contribution in [-0.4, -0.2) is 175 Å². The Kier molecular flexibility index (Phi) is 31.5. The first-order chi connectivity index (χ1) is 58.9. The number of aliphatic hydroxyl groups excluding tert-OH is 6. The van der Waals surface area contributed by atoms with Crippen molar-refractivity contribution in [3.8, 4) is 0 Å². The lowest BCUT2D eigenvalue weighted by Gasteiger charge is -2.63. The number of carbonyl (C=O) groups excluding carboxylic acids is 9. The second-order valence-corrected chi connectivity index (χ2v) is 47.3. The van der Waals surface area contributed by atoms with E-state index in [4.69, 9.17) is 42.6 Å². The van der Waals surface area contributed by atoms with Crippen LogP contribution in [0.3, 0.4) is 0 Å². The highest BCUT2D eigenvalue weighted by atomic mass is 16.6. The molecule has 0 aliphatic heterocycles. The average Bonchev–Trinajstić information content (AvgIpc) is 1.40. The van der Waals surface area contributed by atoms with Crippen molar-refractivity contribution >= 4 is 53.7 Å². The Labute approximate surface area is 752 Å². The van der Waals surface area contributed by atoms with Gasteiger partial charge in [0.2, 0.25) is 0 Å². The van der Waals surface area contributed by atoms with E-state index in [1.54, 1.807) is 0 Å². The van der Waals surface area contributed by atoms with Crippen molar-refractivity contribution in [1.29, 1.82) is 0 Å². The van der Waals surface area contributed by atoms with Gasteiger partial charge in [-0.05, 0) is 375 Å². The maximum Gasteiger partial charge on any atom is 0.306 e. The van der Waals surface area contributed by atoms with Gasteiger partial charge in [-0.1, -0.05) is 62.3 Å². The molecular weight excluding hydrogens is 1610 g/mol. The molecule has 12 fully saturated rings. The fourth-order valence-electron chi connectivity index (χ4n) is 30.2. The van der Waals surface area contributed by atoms with Crippen LogP contribution in [0.5, 0.6) is 0 Å². The van der Waals surface area contributed by atoms with E-state index in [-0.39, 0.29) is 211 Å². The number of aliphatic hydroxyl groups is 6. The molecule has 716 valence electrons. The van der Waals surface area contributed by atoms with Gasteiger partial charge in [0.05, 0.1) is 36.6 Å². The van der Waals surface area contributed by atoms with E-state index in [1.807, 2.05) is 62.3 Å². The Bertz CT molecular complexity index is 3640. The van der Waals surface area contributed by atoms with Crippen LogP contribution in [0.4, 0.5) is 0 Å². The second-order valence-electron chi connectivity index (χ2n) is 47.3. The van der Waals surface area contributed by atoms with E-state index in [2.05, 4.69) is 62.3 Å². The van der Waals surface area contributed by atoms with Crippen molar-refractivity contribution < 1.29 is 116 Å². The standard InChI is InChI=1S/C102H164O24/c1-57(28-37-88(115)124-94(4,5)6)67-31-34-70-91-73(52-79(106)100(67,70)16)97(13)43-40-63(46-60(97)49-76(91)103)120-84(111)24-19-22-82(109)118-55-66(123-87(114)27-21-26-86(113)122-65-42-45-99(15)62(48-65)51-78(105)93-72-36-33-69(102(72,18)81(108)54-75(93)99)59(3)30-39-90(117)126-96(10,11)12)56-119-83(110)23-20-25-85(112)121-64-41-44-98(14)61(47-64)50-77(104)92-71-35-32-68(101(71,17)80(107)53-74(92)98)58(2)29-38-89(116)125-95(7,8)9/h57-81,91-93,103-108H,19-56H2,1-18H3/t57-,58+,59-,60?,61?,62?,63-,64+,65-,66?,67?,68?,69?,70?,71?,72?,73?,74?,75?,76-,77+,78-,79+,80-,81+,91?,92?,93?,97+,98-,99+,100-,101+,102-/m1/s1. The number of fused-ring (bicyclic) bond motifs is 15. The van der Waals surface area contributed by atoms with E-state index in [0.717, 1.165) is 57.8 Å². The lowest BCUT2D eigenvalue weighted by molar-refractivity contribution is -0.209. The summed E-state index contributed by atoms with van der Waals surface area (Å²) in [6.45, 7) is 35.9. The number of ether oxygens (including phenoxy) is 9. The lowest BCUT2D eigenvalue weighted by Crippen LogP contribution is -2.62. The molecule has 0 radical (unpaired) electrons. The third-order valence-corrected chi connectivity index (χ3v) is 36.5. The molecule has 12 aliphatic carbocycles. The summed E-state index contributed by atoms with van der Waals surface area (Å²) < 4.78 is 52.3. The van der Waals surface area contributed by atoms with E-state index in [1.165, 1.54) is 0 Å². The summed E-state index contributed by atoms with van der Waals surface area (Å²) in [6.07, 6.45) is 11.4. The van der Waals surface area contributed by atoms with E-state index in [9.17, 15) is 73.8 Å². The Morgan fingerprint density at radius 1 is 0.317 bits per heavy atom. The molecule has 0 heterocycles. The van der Waals surface area contributed by atoms with Crippen LogP contribution < -0.4 is 0 Å². The van der Waals surface area contributed by atoms with Crippen molar-refractivity contribution in [3.63, 3.8) is 0 Å². The fraction of sp³-hybridized carbons (Fsp3) is 0.912. The fourth-order valence-corrected chi connectivity index (χ4v) is 30.2. The van der Waals surface area contributed by atoms with Crippen LogP contribution in [0.25, 0.3) is 0 Å². The normalized spacial score (nSPS) is 40.8.